The molecule has 2 N–H and O–H groups in total. The van der Waals surface area contributed by atoms with Gasteiger partial charge in [0.1, 0.15) is 5.75 Å². The summed E-state index contributed by atoms with van der Waals surface area (Å²) < 4.78 is 10.4. The lowest BCUT2D eigenvalue weighted by Gasteiger charge is -2.17. The highest BCUT2D eigenvalue weighted by atomic mass is 35.5. The summed E-state index contributed by atoms with van der Waals surface area (Å²) in [4.78, 5) is 28.2. The van der Waals surface area contributed by atoms with E-state index in [0.717, 1.165) is 25.7 Å². The van der Waals surface area contributed by atoms with Gasteiger partial charge in [-0.15, -0.1) is 0 Å². The molecule has 0 spiro atoms. The van der Waals surface area contributed by atoms with Gasteiger partial charge in [0.25, 0.3) is 5.91 Å². The van der Waals surface area contributed by atoms with Crippen LogP contribution in [0.3, 0.4) is 0 Å². The molecule has 2 amide bonds. The predicted octanol–water partition coefficient (Wildman–Crippen LogP) is 4.00. The topological polar surface area (TPSA) is 106 Å². The minimum atomic E-state index is -0.474. The second-order valence-corrected chi connectivity index (χ2v) is 8.11. The second-order valence-electron chi connectivity index (χ2n) is 6.88. The summed E-state index contributed by atoms with van der Waals surface area (Å²) >= 11 is 17.7. The lowest BCUT2D eigenvalue weighted by molar-refractivity contribution is -0.123. The number of hydrogen-bond donors (Lipinski definition) is 2. The molecule has 1 aliphatic carbocycles. The van der Waals surface area contributed by atoms with Crippen LogP contribution in [0.5, 0.6) is 5.75 Å². The van der Waals surface area contributed by atoms with Crippen molar-refractivity contribution in [3.63, 3.8) is 0 Å². The van der Waals surface area contributed by atoms with Crippen molar-refractivity contribution in [1.29, 1.82) is 0 Å². The predicted molar refractivity (Wildman–Crippen MR) is 112 cm³/mol. The van der Waals surface area contributed by atoms with E-state index in [2.05, 4.69) is 20.8 Å². The Morgan fingerprint density at radius 2 is 1.73 bits per heavy atom. The van der Waals surface area contributed by atoms with Gasteiger partial charge in [-0.3, -0.25) is 9.59 Å². The van der Waals surface area contributed by atoms with Crippen LogP contribution in [-0.2, 0) is 4.79 Å². The highest BCUT2D eigenvalue weighted by molar-refractivity contribution is 6.43. The molecule has 3 rings (SSSR count). The molecule has 0 bridgehead atoms. The van der Waals surface area contributed by atoms with Crippen molar-refractivity contribution in [3.8, 4) is 5.75 Å². The molecule has 1 aliphatic rings. The Morgan fingerprint density at radius 3 is 2.50 bits per heavy atom. The van der Waals surface area contributed by atoms with E-state index in [1.54, 1.807) is 0 Å². The smallest absolute Gasteiger partial charge is 0.315 e. The third kappa shape index (κ3) is 6.23. The molecule has 0 atom stereocenters. The van der Waals surface area contributed by atoms with Crippen molar-refractivity contribution in [2.75, 3.05) is 19.7 Å². The summed E-state index contributed by atoms with van der Waals surface area (Å²) in [6, 6.07) is 2.87. The number of rotatable bonds is 8. The fraction of sp³-hybridized carbons (Fsp3) is 0.474. The number of carbonyl (C=O) groups excluding carboxylic acids is 2. The Bertz CT molecular complexity index is 900. The Morgan fingerprint density at radius 1 is 1.03 bits per heavy atom. The zero-order valence-electron chi connectivity index (χ0n) is 16.1. The van der Waals surface area contributed by atoms with Crippen LogP contribution in [0.15, 0.2) is 16.7 Å². The quantitative estimate of drug-likeness (QED) is 0.441. The summed E-state index contributed by atoms with van der Waals surface area (Å²) in [6.07, 6.45) is 5.53. The summed E-state index contributed by atoms with van der Waals surface area (Å²) in [6.45, 7) is 0.131. The van der Waals surface area contributed by atoms with Crippen LogP contribution in [0.2, 0.25) is 15.1 Å². The standard InChI is InChI=1S/C19H21Cl3N4O4/c20-12-8-14(22)15(9-13(12)21)29-10-16(27)23-6-7-24-18(28)19-25-17(26-30-19)11-4-2-1-3-5-11/h8-9,11H,1-7,10H2,(H,23,27)(H,24,28). The summed E-state index contributed by atoms with van der Waals surface area (Å²) in [5.74, 6) is 0.166. The van der Waals surface area contributed by atoms with E-state index in [1.807, 2.05) is 0 Å². The van der Waals surface area contributed by atoms with Crippen molar-refractivity contribution in [2.45, 2.75) is 38.0 Å². The van der Waals surface area contributed by atoms with Gasteiger partial charge < -0.3 is 19.9 Å². The number of hydrogen-bond acceptors (Lipinski definition) is 6. The van der Waals surface area contributed by atoms with Crippen LogP contribution in [0.1, 0.15) is 54.5 Å². The first kappa shape index (κ1) is 22.7. The molecule has 1 aromatic carbocycles. The van der Waals surface area contributed by atoms with Gasteiger partial charge in [0.2, 0.25) is 0 Å². The third-order valence-electron chi connectivity index (χ3n) is 4.67. The molecule has 11 heteroatoms. The lowest BCUT2D eigenvalue weighted by Crippen LogP contribution is -2.36. The number of benzene rings is 1. The summed E-state index contributed by atoms with van der Waals surface area (Å²) in [5, 5.41) is 9.98. The Balaban J connectivity index is 1.36. The minimum absolute atomic E-state index is 0.0699. The number of nitrogens with zero attached hydrogens (tertiary/aromatic N) is 2. The molecule has 162 valence electrons. The van der Waals surface area contributed by atoms with Crippen LogP contribution < -0.4 is 15.4 Å². The Labute approximate surface area is 188 Å². The first-order valence-electron chi connectivity index (χ1n) is 9.60. The average molecular weight is 476 g/mol. The van der Waals surface area contributed by atoms with Crippen LogP contribution in [0.25, 0.3) is 0 Å². The van der Waals surface area contributed by atoms with E-state index in [1.165, 1.54) is 18.6 Å². The first-order valence-corrected chi connectivity index (χ1v) is 10.7. The molecule has 1 fully saturated rings. The molecule has 0 saturated heterocycles. The highest BCUT2D eigenvalue weighted by Crippen LogP contribution is 2.33. The van der Waals surface area contributed by atoms with Crippen molar-refractivity contribution in [1.82, 2.24) is 20.8 Å². The molecule has 1 heterocycles. The zero-order valence-corrected chi connectivity index (χ0v) is 18.3. The van der Waals surface area contributed by atoms with Crippen LogP contribution in [0.4, 0.5) is 0 Å². The van der Waals surface area contributed by atoms with Crippen LogP contribution in [-0.4, -0.2) is 41.7 Å². The highest BCUT2D eigenvalue weighted by Gasteiger charge is 2.23. The Hall–Kier alpha value is -2.03. The van der Waals surface area contributed by atoms with E-state index in [-0.39, 0.29) is 53.2 Å². The van der Waals surface area contributed by atoms with Crippen molar-refractivity contribution in [3.05, 3.63) is 38.9 Å². The number of amides is 2. The first-order chi connectivity index (χ1) is 14.4. The number of halogens is 3. The largest absolute Gasteiger partial charge is 0.482 e. The summed E-state index contributed by atoms with van der Waals surface area (Å²) in [5.41, 5.74) is 0. The van der Waals surface area contributed by atoms with Crippen LogP contribution in [0, 0.1) is 0 Å². The number of ether oxygens (including phenoxy) is 1. The molecular weight excluding hydrogens is 455 g/mol. The van der Waals surface area contributed by atoms with Gasteiger partial charge in [-0.1, -0.05) is 59.2 Å². The minimum Gasteiger partial charge on any atom is -0.482 e. The van der Waals surface area contributed by atoms with Gasteiger partial charge >= 0.3 is 11.8 Å². The van der Waals surface area contributed by atoms with Gasteiger partial charge in [0.15, 0.2) is 12.4 Å². The lowest BCUT2D eigenvalue weighted by atomic mass is 9.89. The molecular formula is C19H21Cl3N4O4. The van der Waals surface area contributed by atoms with E-state index in [0.29, 0.717) is 10.8 Å². The molecule has 1 aromatic heterocycles. The van der Waals surface area contributed by atoms with Crippen molar-refractivity contribution < 1.29 is 18.8 Å². The maximum atomic E-state index is 12.1. The normalized spacial score (nSPS) is 14.4. The monoisotopic (exact) mass is 474 g/mol. The molecule has 0 unspecified atom stereocenters. The maximum absolute atomic E-state index is 12.1. The molecule has 2 aromatic rings. The molecule has 0 radical (unpaired) electrons. The van der Waals surface area contributed by atoms with E-state index >= 15 is 0 Å². The molecule has 0 aliphatic heterocycles. The fourth-order valence-corrected chi connectivity index (χ4v) is 3.71. The number of nitrogens with one attached hydrogen (secondary N) is 2. The van der Waals surface area contributed by atoms with Crippen molar-refractivity contribution >= 4 is 46.6 Å². The van der Waals surface area contributed by atoms with Gasteiger partial charge in [-0.25, -0.2) is 0 Å². The van der Waals surface area contributed by atoms with Gasteiger partial charge in [0.05, 0.1) is 15.1 Å². The van der Waals surface area contributed by atoms with Gasteiger partial charge in [-0.2, -0.15) is 4.98 Å². The molecule has 1 saturated carbocycles. The second kappa shape index (κ2) is 10.8. The fourth-order valence-electron chi connectivity index (χ4n) is 3.12. The van der Waals surface area contributed by atoms with E-state index < -0.39 is 5.91 Å². The van der Waals surface area contributed by atoms with E-state index in [9.17, 15) is 9.59 Å². The number of carbonyl (C=O) groups is 2. The maximum Gasteiger partial charge on any atom is 0.315 e. The summed E-state index contributed by atoms with van der Waals surface area (Å²) in [7, 11) is 0. The van der Waals surface area contributed by atoms with E-state index in [4.69, 9.17) is 44.1 Å². The molecule has 8 nitrogen and oxygen atoms in total. The number of aromatic nitrogens is 2. The SMILES string of the molecule is O=C(COc1cc(Cl)c(Cl)cc1Cl)NCCNC(=O)c1nc(C2CCCCC2)no1. The average Bonchev–Trinajstić information content (AvgIpc) is 3.24. The van der Waals surface area contributed by atoms with Gasteiger partial charge in [-0.05, 0) is 18.9 Å². The zero-order chi connectivity index (χ0) is 21.5. The third-order valence-corrected chi connectivity index (χ3v) is 5.69. The Kier molecular flexibility index (Phi) is 8.18. The molecule has 30 heavy (non-hydrogen) atoms. The van der Waals surface area contributed by atoms with Crippen LogP contribution >= 0.6 is 34.8 Å². The van der Waals surface area contributed by atoms with Crippen molar-refractivity contribution in [2.24, 2.45) is 0 Å². The van der Waals surface area contributed by atoms with Gasteiger partial charge in [0, 0.05) is 25.1 Å².